The van der Waals surface area contributed by atoms with E-state index in [2.05, 4.69) is 57.4 Å². The van der Waals surface area contributed by atoms with Gasteiger partial charge in [0.2, 0.25) is 0 Å². The zero-order chi connectivity index (χ0) is 20.1. The van der Waals surface area contributed by atoms with Crippen LogP contribution in [0.2, 0.25) is 0 Å². The summed E-state index contributed by atoms with van der Waals surface area (Å²) in [5, 5.41) is 2.78. The van der Waals surface area contributed by atoms with Gasteiger partial charge in [0.25, 0.3) is 0 Å². The number of rotatable bonds is 4. The molecule has 3 aromatic rings. The fraction of sp³-hybridized carbons (Fsp3) is 0.160. The van der Waals surface area contributed by atoms with Crippen LogP contribution in [0.1, 0.15) is 29.0 Å². The van der Waals surface area contributed by atoms with Crippen LogP contribution in [0.3, 0.4) is 0 Å². The molecule has 144 valence electrons. The minimum atomic E-state index is -0.405. The topological polar surface area (TPSA) is 38.3 Å². The number of benzene rings is 3. The van der Waals surface area contributed by atoms with E-state index in [9.17, 15) is 4.79 Å². The summed E-state index contributed by atoms with van der Waals surface area (Å²) in [6.45, 7) is 0.782. The third kappa shape index (κ3) is 4.52. The van der Waals surface area contributed by atoms with Crippen LogP contribution in [-0.4, -0.2) is 19.2 Å². The summed E-state index contributed by atoms with van der Waals surface area (Å²) >= 11 is 3.40. The van der Waals surface area contributed by atoms with Crippen LogP contribution in [0, 0.1) is 11.8 Å². The number of amides is 1. The van der Waals surface area contributed by atoms with Crippen LogP contribution >= 0.6 is 15.9 Å². The van der Waals surface area contributed by atoms with E-state index in [1.807, 2.05) is 48.5 Å². The second-order valence-corrected chi connectivity index (χ2v) is 7.73. The van der Waals surface area contributed by atoms with Crippen molar-refractivity contribution in [1.29, 1.82) is 0 Å². The molecular formula is C25H20BrNO2. The smallest absolute Gasteiger partial charge is 0.407 e. The maximum atomic E-state index is 12.1. The number of carbonyl (C=O) groups excluding carboxylic acids is 1. The van der Waals surface area contributed by atoms with Gasteiger partial charge >= 0.3 is 6.09 Å². The van der Waals surface area contributed by atoms with E-state index in [4.69, 9.17) is 4.74 Å². The second-order valence-electron chi connectivity index (χ2n) is 6.81. The van der Waals surface area contributed by atoms with Crippen LogP contribution in [0.4, 0.5) is 4.79 Å². The SMILES string of the molecule is O=C(NCCC#Cc1ccc(Br)cc1)OCC1c2ccccc2-c2ccccc21. The lowest BCUT2D eigenvalue weighted by atomic mass is 9.98. The summed E-state index contributed by atoms with van der Waals surface area (Å²) in [5.74, 6) is 6.22. The second kappa shape index (κ2) is 8.98. The van der Waals surface area contributed by atoms with Gasteiger partial charge in [0.1, 0.15) is 6.61 Å². The van der Waals surface area contributed by atoms with Gasteiger partial charge in [0.15, 0.2) is 0 Å². The van der Waals surface area contributed by atoms with Gasteiger partial charge in [-0.15, -0.1) is 0 Å². The van der Waals surface area contributed by atoms with E-state index in [1.165, 1.54) is 22.3 Å². The van der Waals surface area contributed by atoms with Gasteiger partial charge in [0, 0.05) is 28.9 Å². The van der Waals surface area contributed by atoms with Gasteiger partial charge in [0.05, 0.1) is 0 Å². The van der Waals surface area contributed by atoms with E-state index in [-0.39, 0.29) is 5.92 Å². The molecule has 0 aromatic heterocycles. The first-order chi connectivity index (χ1) is 14.2. The van der Waals surface area contributed by atoms with Crippen LogP contribution in [0.15, 0.2) is 77.3 Å². The number of fused-ring (bicyclic) bond motifs is 3. The molecule has 0 saturated heterocycles. The van der Waals surface area contributed by atoms with Crippen molar-refractivity contribution in [2.75, 3.05) is 13.2 Å². The normalized spacial score (nSPS) is 11.8. The highest BCUT2D eigenvalue weighted by molar-refractivity contribution is 9.10. The summed E-state index contributed by atoms with van der Waals surface area (Å²) in [4.78, 5) is 12.1. The monoisotopic (exact) mass is 445 g/mol. The Balaban J connectivity index is 1.29. The lowest BCUT2D eigenvalue weighted by molar-refractivity contribution is 0.143. The molecule has 0 atom stereocenters. The summed E-state index contributed by atoms with van der Waals surface area (Å²) < 4.78 is 6.54. The highest BCUT2D eigenvalue weighted by atomic mass is 79.9. The Bertz CT molecular complexity index is 1030. The van der Waals surface area contributed by atoms with Crippen molar-refractivity contribution < 1.29 is 9.53 Å². The molecule has 4 heteroatoms. The lowest BCUT2D eigenvalue weighted by Crippen LogP contribution is -2.26. The van der Waals surface area contributed by atoms with Gasteiger partial charge in [-0.05, 0) is 46.5 Å². The number of hydrogen-bond acceptors (Lipinski definition) is 2. The lowest BCUT2D eigenvalue weighted by Gasteiger charge is -2.14. The Labute approximate surface area is 179 Å². The van der Waals surface area contributed by atoms with Gasteiger partial charge in [-0.25, -0.2) is 4.79 Å². The Hall–Kier alpha value is -3.03. The molecule has 29 heavy (non-hydrogen) atoms. The van der Waals surface area contributed by atoms with E-state index in [1.54, 1.807) is 0 Å². The minimum Gasteiger partial charge on any atom is -0.449 e. The van der Waals surface area contributed by atoms with Gasteiger partial charge in [-0.2, -0.15) is 0 Å². The molecular weight excluding hydrogens is 426 g/mol. The number of nitrogens with one attached hydrogen (secondary N) is 1. The molecule has 0 saturated carbocycles. The van der Waals surface area contributed by atoms with E-state index in [0.29, 0.717) is 19.6 Å². The number of halogens is 1. The molecule has 0 unspecified atom stereocenters. The Kier molecular flexibility index (Phi) is 5.97. The first kappa shape index (κ1) is 19.3. The fourth-order valence-electron chi connectivity index (χ4n) is 3.57. The van der Waals surface area contributed by atoms with Crippen molar-refractivity contribution in [1.82, 2.24) is 5.32 Å². The highest BCUT2D eigenvalue weighted by Gasteiger charge is 2.28. The van der Waals surface area contributed by atoms with Crippen LogP contribution < -0.4 is 5.32 Å². The van der Waals surface area contributed by atoms with Crippen molar-refractivity contribution in [3.05, 3.63) is 94.0 Å². The molecule has 0 aliphatic heterocycles. The first-order valence-corrected chi connectivity index (χ1v) is 10.3. The molecule has 0 heterocycles. The zero-order valence-electron chi connectivity index (χ0n) is 15.8. The van der Waals surface area contributed by atoms with Crippen molar-refractivity contribution in [3.63, 3.8) is 0 Å². The van der Waals surface area contributed by atoms with Crippen molar-refractivity contribution in [2.24, 2.45) is 0 Å². The largest absolute Gasteiger partial charge is 0.449 e. The molecule has 1 aliphatic carbocycles. The molecule has 0 fully saturated rings. The third-order valence-corrected chi connectivity index (χ3v) is 5.47. The van der Waals surface area contributed by atoms with Gasteiger partial charge in [-0.1, -0.05) is 76.3 Å². The summed E-state index contributed by atoms with van der Waals surface area (Å²) in [7, 11) is 0. The van der Waals surface area contributed by atoms with Gasteiger partial charge in [-0.3, -0.25) is 0 Å². The average Bonchev–Trinajstić information content (AvgIpc) is 3.07. The fourth-order valence-corrected chi connectivity index (χ4v) is 3.84. The van der Waals surface area contributed by atoms with Crippen LogP contribution in [0.5, 0.6) is 0 Å². The summed E-state index contributed by atoms with van der Waals surface area (Å²) in [5.41, 5.74) is 5.82. The summed E-state index contributed by atoms with van der Waals surface area (Å²) in [6, 6.07) is 24.4. The minimum absolute atomic E-state index is 0.0744. The molecule has 1 aliphatic rings. The van der Waals surface area contributed by atoms with Crippen molar-refractivity contribution in [2.45, 2.75) is 12.3 Å². The number of alkyl carbamates (subject to hydrolysis) is 1. The molecule has 1 amide bonds. The van der Waals surface area contributed by atoms with Crippen LogP contribution in [-0.2, 0) is 4.74 Å². The van der Waals surface area contributed by atoms with Crippen LogP contribution in [0.25, 0.3) is 11.1 Å². The van der Waals surface area contributed by atoms with E-state index in [0.717, 1.165) is 10.0 Å². The highest BCUT2D eigenvalue weighted by Crippen LogP contribution is 2.44. The Morgan fingerprint density at radius 1 is 0.931 bits per heavy atom. The number of ether oxygens (including phenoxy) is 1. The summed E-state index contributed by atoms with van der Waals surface area (Å²) in [6.07, 6.45) is 0.164. The number of carbonyl (C=O) groups is 1. The first-order valence-electron chi connectivity index (χ1n) is 9.55. The predicted octanol–water partition coefficient (Wildman–Crippen LogP) is 5.73. The third-order valence-electron chi connectivity index (χ3n) is 4.94. The standard InChI is InChI=1S/C25H20BrNO2/c26-19-14-12-18(13-15-19)7-5-6-16-27-25(28)29-17-24-22-10-3-1-8-20(22)21-9-2-4-11-23(21)24/h1-4,8-15,24H,6,16-17H2,(H,27,28). The van der Waals surface area contributed by atoms with E-state index < -0.39 is 6.09 Å². The van der Waals surface area contributed by atoms with E-state index >= 15 is 0 Å². The molecule has 0 bridgehead atoms. The average molecular weight is 446 g/mol. The Morgan fingerprint density at radius 3 is 2.21 bits per heavy atom. The van der Waals surface area contributed by atoms with Crippen molar-refractivity contribution >= 4 is 22.0 Å². The quantitative estimate of drug-likeness (QED) is 0.411. The molecule has 1 N–H and O–H groups in total. The maximum absolute atomic E-state index is 12.1. The molecule has 4 rings (SSSR count). The molecule has 0 radical (unpaired) electrons. The molecule has 0 spiro atoms. The maximum Gasteiger partial charge on any atom is 0.407 e. The predicted molar refractivity (Wildman–Crippen MR) is 119 cm³/mol. The Morgan fingerprint density at radius 2 is 1.55 bits per heavy atom. The van der Waals surface area contributed by atoms with Gasteiger partial charge < -0.3 is 10.1 Å². The molecule has 3 nitrogen and oxygen atoms in total. The van der Waals surface area contributed by atoms with Crippen molar-refractivity contribution in [3.8, 4) is 23.0 Å². The zero-order valence-corrected chi connectivity index (χ0v) is 17.4. The molecule has 3 aromatic carbocycles. The number of hydrogen-bond donors (Lipinski definition) is 1.